The van der Waals surface area contributed by atoms with Crippen LogP contribution in [0.4, 0.5) is 15.9 Å². The fraction of sp³-hybridized carbons (Fsp3) is 0.100. The van der Waals surface area contributed by atoms with Crippen LogP contribution in [0.1, 0.15) is 15.9 Å². The van der Waals surface area contributed by atoms with Crippen molar-refractivity contribution in [1.29, 1.82) is 0 Å². The summed E-state index contributed by atoms with van der Waals surface area (Å²) in [7, 11) is 1.62. The highest BCUT2D eigenvalue weighted by Crippen LogP contribution is 2.19. The Balaban J connectivity index is 1.67. The van der Waals surface area contributed by atoms with Crippen LogP contribution in [0.2, 0.25) is 0 Å². The number of nitrogens with zero attached hydrogens (tertiary/aromatic N) is 1. The van der Waals surface area contributed by atoms with E-state index >= 15 is 0 Å². The summed E-state index contributed by atoms with van der Waals surface area (Å²) in [6, 6.07) is 16.6. The number of nitrogens with one attached hydrogen (secondary N) is 2. The van der Waals surface area contributed by atoms with E-state index in [9.17, 15) is 9.18 Å². The van der Waals surface area contributed by atoms with E-state index in [1.54, 1.807) is 25.4 Å². The number of benzene rings is 2. The quantitative estimate of drug-likeness (QED) is 0.702. The Morgan fingerprint density at radius 2 is 1.88 bits per heavy atom. The van der Waals surface area contributed by atoms with Gasteiger partial charge in [-0.1, -0.05) is 18.2 Å². The van der Waals surface area contributed by atoms with E-state index in [-0.39, 0.29) is 11.7 Å². The molecule has 1 heterocycles. The average Bonchev–Trinajstić information content (AvgIpc) is 2.68. The van der Waals surface area contributed by atoms with E-state index in [4.69, 9.17) is 4.74 Å². The number of halogens is 1. The van der Waals surface area contributed by atoms with Crippen molar-refractivity contribution in [3.8, 4) is 5.75 Å². The minimum atomic E-state index is -0.352. The molecule has 0 fully saturated rings. The van der Waals surface area contributed by atoms with Crippen molar-refractivity contribution in [3.63, 3.8) is 0 Å². The second-order valence-electron chi connectivity index (χ2n) is 5.56. The molecule has 6 heteroatoms. The first-order valence-corrected chi connectivity index (χ1v) is 8.04. The van der Waals surface area contributed by atoms with Gasteiger partial charge in [0.15, 0.2) is 0 Å². The third-order valence-electron chi connectivity index (χ3n) is 3.78. The number of ether oxygens (including phenoxy) is 1. The van der Waals surface area contributed by atoms with Gasteiger partial charge in [-0.3, -0.25) is 4.79 Å². The zero-order valence-electron chi connectivity index (χ0n) is 14.2. The van der Waals surface area contributed by atoms with Crippen LogP contribution >= 0.6 is 0 Å². The smallest absolute Gasteiger partial charge is 0.255 e. The Morgan fingerprint density at radius 3 is 2.65 bits per heavy atom. The SMILES string of the molecule is COc1ccccc1CNc1cc(C(=O)Nc2ccc(F)cc2)ccn1. The summed E-state index contributed by atoms with van der Waals surface area (Å²) in [4.78, 5) is 16.6. The molecule has 2 aromatic carbocycles. The van der Waals surface area contributed by atoms with Gasteiger partial charge in [0.05, 0.1) is 7.11 Å². The molecule has 2 N–H and O–H groups in total. The second-order valence-corrected chi connectivity index (χ2v) is 5.56. The minimum Gasteiger partial charge on any atom is -0.496 e. The standard InChI is InChI=1S/C20H18FN3O2/c1-26-18-5-3-2-4-15(18)13-23-19-12-14(10-11-22-19)20(25)24-17-8-6-16(21)7-9-17/h2-12H,13H2,1H3,(H,22,23)(H,24,25). The summed E-state index contributed by atoms with van der Waals surface area (Å²) in [6.07, 6.45) is 1.56. The second kappa shape index (κ2) is 8.11. The van der Waals surface area contributed by atoms with Gasteiger partial charge in [-0.05, 0) is 42.5 Å². The van der Waals surface area contributed by atoms with Crippen LogP contribution < -0.4 is 15.4 Å². The topological polar surface area (TPSA) is 63.2 Å². The van der Waals surface area contributed by atoms with Crippen molar-refractivity contribution in [3.05, 3.63) is 83.8 Å². The number of methoxy groups -OCH3 is 1. The van der Waals surface area contributed by atoms with Crippen LogP contribution in [-0.2, 0) is 6.54 Å². The van der Waals surface area contributed by atoms with Gasteiger partial charge in [0, 0.05) is 29.6 Å². The maximum Gasteiger partial charge on any atom is 0.255 e. The summed E-state index contributed by atoms with van der Waals surface area (Å²) < 4.78 is 18.3. The summed E-state index contributed by atoms with van der Waals surface area (Å²) in [6.45, 7) is 0.514. The highest BCUT2D eigenvalue weighted by Gasteiger charge is 2.08. The molecule has 0 spiro atoms. The molecule has 132 valence electrons. The van der Waals surface area contributed by atoms with Crippen molar-refractivity contribution in [2.24, 2.45) is 0 Å². The van der Waals surface area contributed by atoms with E-state index in [0.717, 1.165) is 11.3 Å². The minimum absolute atomic E-state index is 0.292. The molecule has 0 aliphatic heterocycles. The van der Waals surface area contributed by atoms with Gasteiger partial charge in [-0.2, -0.15) is 0 Å². The third kappa shape index (κ3) is 4.36. The van der Waals surface area contributed by atoms with Crippen LogP contribution in [0, 0.1) is 5.82 Å². The third-order valence-corrected chi connectivity index (χ3v) is 3.78. The summed E-state index contributed by atoms with van der Waals surface area (Å²) in [5.41, 5.74) is 1.96. The van der Waals surface area contributed by atoms with Gasteiger partial charge in [0.1, 0.15) is 17.4 Å². The number of aromatic nitrogens is 1. The molecule has 1 aromatic heterocycles. The molecule has 0 saturated heterocycles. The van der Waals surface area contributed by atoms with E-state index < -0.39 is 0 Å². The lowest BCUT2D eigenvalue weighted by Gasteiger charge is -2.11. The number of hydrogen-bond donors (Lipinski definition) is 2. The maximum atomic E-state index is 12.9. The van der Waals surface area contributed by atoms with Gasteiger partial charge in [-0.25, -0.2) is 9.37 Å². The normalized spacial score (nSPS) is 10.2. The Kier molecular flexibility index (Phi) is 5.43. The van der Waals surface area contributed by atoms with Crippen LogP contribution in [0.15, 0.2) is 66.9 Å². The predicted molar refractivity (Wildman–Crippen MR) is 98.9 cm³/mol. The van der Waals surface area contributed by atoms with Crippen LogP contribution in [0.5, 0.6) is 5.75 Å². The molecular weight excluding hydrogens is 333 g/mol. The van der Waals surface area contributed by atoms with Gasteiger partial charge in [0.25, 0.3) is 5.91 Å². The number of amides is 1. The fourth-order valence-electron chi connectivity index (χ4n) is 2.44. The maximum absolute atomic E-state index is 12.9. The number of para-hydroxylation sites is 1. The molecule has 0 atom stereocenters. The van der Waals surface area contributed by atoms with Crippen molar-refractivity contribution in [2.75, 3.05) is 17.7 Å². The number of rotatable bonds is 6. The Bertz CT molecular complexity index is 898. The largest absolute Gasteiger partial charge is 0.496 e. The summed E-state index contributed by atoms with van der Waals surface area (Å²) in [5, 5.41) is 5.91. The molecule has 0 aliphatic carbocycles. The van der Waals surface area contributed by atoms with Crippen LogP contribution in [-0.4, -0.2) is 18.0 Å². The molecule has 0 bridgehead atoms. The van der Waals surface area contributed by atoms with Crippen molar-refractivity contribution in [1.82, 2.24) is 4.98 Å². The van der Waals surface area contributed by atoms with Crippen molar-refractivity contribution >= 4 is 17.4 Å². The van der Waals surface area contributed by atoms with Crippen molar-refractivity contribution in [2.45, 2.75) is 6.54 Å². The fourth-order valence-corrected chi connectivity index (χ4v) is 2.44. The van der Waals surface area contributed by atoms with E-state index in [2.05, 4.69) is 15.6 Å². The highest BCUT2D eigenvalue weighted by molar-refractivity contribution is 6.04. The van der Waals surface area contributed by atoms with Gasteiger partial charge >= 0.3 is 0 Å². The molecule has 0 saturated carbocycles. The monoisotopic (exact) mass is 351 g/mol. The number of pyridine rings is 1. The zero-order valence-corrected chi connectivity index (χ0v) is 14.2. The van der Waals surface area contributed by atoms with Crippen LogP contribution in [0.25, 0.3) is 0 Å². The number of carbonyl (C=O) groups is 1. The molecule has 0 unspecified atom stereocenters. The summed E-state index contributed by atoms with van der Waals surface area (Å²) >= 11 is 0. The van der Waals surface area contributed by atoms with Crippen molar-refractivity contribution < 1.29 is 13.9 Å². The molecule has 1 amide bonds. The molecule has 0 aliphatic rings. The Hall–Kier alpha value is -3.41. The number of hydrogen-bond acceptors (Lipinski definition) is 4. The van der Waals surface area contributed by atoms with Gasteiger partial charge < -0.3 is 15.4 Å². The molecule has 3 rings (SSSR count). The zero-order chi connectivity index (χ0) is 18.4. The first kappa shape index (κ1) is 17.4. The molecule has 0 radical (unpaired) electrons. The van der Waals surface area contributed by atoms with E-state index in [1.165, 1.54) is 24.3 Å². The lowest BCUT2D eigenvalue weighted by Crippen LogP contribution is -2.13. The molecule has 3 aromatic rings. The average molecular weight is 351 g/mol. The summed E-state index contributed by atoms with van der Waals surface area (Å²) in [5.74, 6) is 0.710. The molecule has 26 heavy (non-hydrogen) atoms. The number of carbonyl (C=O) groups excluding carboxylic acids is 1. The van der Waals surface area contributed by atoms with Gasteiger partial charge in [0.2, 0.25) is 0 Å². The predicted octanol–water partition coefficient (Wildman–Crippen LogP) is 4.09. The number of anilines is 2. The highest BCUT2D eigenvalue weighted by atomic mass is 19.1. The first-order chi connectivity index (χ1) is 12.7. The lowest BCUT2D eigenvalue weighted by molar-refractivity contribution is 0.102. The van der Waals surface area contributed by atoms with E-state index in [1.807, 2.05) is 24.3 Å². The van der Waals surface area contributed by atoms with Crippen LogP contribution in [0.3, 0.4) is 0 Å². The van der Waals surface area contributed by atoms with E-state index in [0.29, 0.717) is 23.6 Å². The molecule has 5 nitrogen and oxygen atoms in total. The first-order valence-electron chi connectivity index (χ1n) is 8.04. The Labute approximate surface area is 150 Å². The Morgan fingerprint density at radius 1 is 1.12 bits per heavy atom. The molecular formula is C20H18FN3O2. The lowest BCUT2D eigenvalue weighted by atomic mass is 10.2. The van der Waals surface area contributed by atoms with Gasteiger partial charge in [-0.15, -0.1) is 0 Å².